The van der Waals surface area contributed by atoms with E-state index in [1.54, 1.807) is 24.3 Å². The van der Waals surface area contributed by atoms with Crippen LogP contribution in [0.1, 0.15) is 12.0 Å². The number of nitrogens with zero attached hydrogens (tertiary/aromatic N) is 3. The minimum atomic E-state index is -0.938. The van der Waals surface area contributed by atoms with E-state index in [-0.39, 0.29) is 28.7 Å². The molecule has 4 rings (SSSR count). The third-order valence-corrected chi connectivity index (χ3v) is 4.19. The Morgan fingerprint density at radius 1 is 1.26 bits per heavy atom. The maximum absolute atomic E-state index is 14.0. The van der Waals surface area contributed by atoms with Crippen LogP contribution in [0.3, 0.4) is 0 Å². The molecule has 0 radical (unpaired) electrons. The van der Waals surface area contributed by atoms with E-state index in [1.807, 2.05) is 0 Å². The average molecular weight is 387 g/mol. The third kappa shape index (κ3) is 3.52. The fourth-order valence-corrected chi connectivity index (χ4v) is 2.88. The third-order valence-electron chi connectivity index (χ3n) is 3.88. The van der Waals surface area contributed by atoms with Gasteiger partial charge >= 0.3 is 0 Å². The number of oxime groups is 1. The van der Waals surface area contributed by atoms with Crippen molar-refractivity contribution in [1.82, 2.24) is 9.97 Å². The van der Waals surface area contributed by atoms with Crippen molar-refractivity contribution in [3.05, 3.63) is 65.3 Å². The van der Waals surface area contributed by atoms with E-state index in [9.17, 15) is 9.18 Å². The van der Waals surface area contributed by atoms with Crippen LogP contribution in [0, 0.1) is 5.82 Å². The van der Waals surface area contributed by atoms with Crippen LogP contribution in [0.2, 0.25) is 5.02 Å². The van der Waals surface area contributed by atoms with E-state index in [0.29, 0.717) is 11.5 Å². The smallest absolute Gasteiger partial charge is 0.271 e. The van der Waals surface area contributed by atoms with Gasteiger partial charge in [0.2, 0.25) is 12.1 Å². The second-order valence-corrected chi connectivity index (χ2v) is 6.07. The van der Waals surface area contributed by atoms with Gasteiger partial charge in [0.25, 0.3) is 5.91 Å². The maximum Gasteiger partial charge on any atom is 0.271 e. The number of hydrogen-bond donors (Lipinski definition) is 1. The number of amides is 1. The number of hydrogen-bond acceptors (Lipinski definition) is 6. The number of rotatable bonds is 4. The summed E-state index contributed by atoms with van der Waals surface area (Å²) in [6.45, 7) is 0. The molecule has 0 fully saturated rings. The molecule has 9 heteroatoms. The van der Waals surface area contributed by atoms with Crippen molar-refractivity contribution in [1.29, 1.82) is 0 Å². The van der Waals surface area contributed by atoms with Crippen LogP contribution >= 0.6 is 11.6 Å². The summed E-state index contributed by atoms with van der Waals surface area (Å²) in [5.41, 5.74) is 0.918. The van der Waals surface area contributed by atoms with Crippen LogP contribution in [-0.2, 0) is 9.63 Å². The Labute approximate surface area is 157 Å². The Balaban J connectivity index is 1.46. The Morgan fingerprint density at radius 2 is 2.15 bits per heavy atom. The minimum Gasteiger partial charge on any atom is -0.463 e. The molecule has 7 nitrogen and oxygen atoms in total. The fourth-order valence-electron chi connectivity index (χ4n) is 2.61. The lowest BCUT2D eigenvalue weighted by atomic mass is 10.0. The molecule has 1 aliphatic rings. The second kappa shape index (κ2) is 7.16. The molecule has 1 N–H and O–H groups in total. The number of carbonyl (C=O) groups is 1. The number of anilines is 1. The monoisotopic (exact) mass is 386 g/mol. The number of benzene rings is 1. The maximum atomic E-state index is 14.0. The van der Waals surface area contributed by atoms with Gasteiger partial charge in [-0.15, -0.1) is 0 Å². The van der Waals surface area contributed by atoms with Gasteiger partial charge in [-0.05, 0) is 30.3 Å². The van der Waals surface area contributed by atoms with E-state index in [2.05, 4.69) is 20.4 Å². The zero-order valence-electron chi connectivity index (χ0n) is 13.7. The van der Waals surface area contributed by atoms with Crippen molar-refractivity contribution < 1.29 is 18.4 Å². The van der Waals surface area contributed by atoms with Crippen LogP contribution in [0.25, 0.3) is 11.5 Å². The van der Waals surface area contributed by atoms with Crippen molar-refractivity contribution in [3.8, 4) is 11.5 Å². The van der Waals surface area contributed by atoms with Crippen LogP contribution in [0.4, 0.5) is 10.3 Å². The van der Waals surface area contributed by atoms with E-state index in [0.717, 1.165) is 0 Å². The summed E-state index contributed by atoms with van der Waals surface area (Å²) in [4.78, 5) is 25.8. The second-order valence-electron chi connectivity index (χ2n) is 5.66. The number of halogens is 2. The van der Waals surface area contributed by atoms with Crippen molar-refractivity contribution >= 4 is 29.2 Å². The molecule has 1 aliphatic heterocycles. The highest BCUT2D eigenvalue weighted by Gasteiger charge is 2.31. The summed E-state index contributed by atoms with van der Waals surface area (Å²) in [7, 11) is 0. The highest BCUT2D eigenvalue weighted by molar-refractivity contribution is 6.34. The van der Waals surface area contributed by atoms with E-state index in [1.165, 1.54) is 24.6 Å². The van der Waals surface area contributed by atoms with Gasteiger partial charge in [0, 0.05) is 12.6 Å². The Kier molecular flexibility index (Phi) is 4.55. The topological polar surface area (TPSA) is 89.6 Å². The molecule has 0 saturated heterocycles. The van der Waals surface area contributed by atoms with E-state index < -0.39 is 17.8 Å². The van der Waals surface area contributed by atoms with Crippen LogP contribution in [-0.4, -0.2) is 27.7 Å². The van der Waals surface area contributed by atoms with Crippen molar-refractivity contribution in [2.45, 2.75) is 12.5 Å². The lowest BCUT2D eigenvalue weighted by Crippen LogP contribution is -2.29. The molecule has 0 saturated carbocycles. The highest BCUT2D eigenvalue weighted by Crippen LogP contribution is 2.26. The zero-order valence-corrected chi connectivity index (χ0v) is 14.5. The quantitative estimate of drug-likeness (QED) is 0.739. The highest BCUT2D eigenvalue weighted by atomic mass is 35.5. The lowest BCUT2D eigenvalue weighted by Gasteiger charge is -2.09. The largest absolute Gasteiger partial charge is 0.463 e. The number of furan rings is 1. The SMILES string of the molecule is O=C(Nc1nccc(-c2ccco2)n1)C1CC(c2c(F)cccc2Cl)=NO1. The fraction of sp³-hybridized carbons (Fsp3) is 0.111. The predicted molar refractivity (Wildman–Crippen MR) is 95.8 cm³/mol. The first-order valence-electron chi connectivity index (χ1n) is 7.96. The van der Waals surface area contributed by atoms with Crippen LogP contribution < -0.4 is 5.32 Å². The molecule has 0 spiro atoms. The zero-order chi connectivity index (χ0) is 18.8. The first-order chi connectivity index (χ1) is 13.1. The van der Waals surface area contributed by atoms with E-state index >= 15 is 0 Å². The Bertz CT molecular complexity index is 1000. The van der Waals surface area contributed by atoms with Gasteiger partial charge in [-0.25, -0.2) is 14.4 Å². The summed E-state index contributed by atoms with van der Waals surface area (Å²) >= 11 is 6.03. The molecular weight excluding hydrogens is 375 g/mol. The van der Waals surface area contributed by atoms with Gasteiger partial charge in [0.05, 0.1) is 22.6 Å². The molecule has 0 bridgehead atoms. The summed E-state index contributed by atoms with van der Waals surface area (Å²) < 4.78 is 19.3. The molecular formula is C18H12ClFN4O3. The molecule has 1 unspecified atom stereocenters. The molecule has 136 valence electrons. The van der Waals surface area contributed by atoms with Crippen molar-refractivity contribution in [2.75, 3.05) is 5.32 Å². The number of aromatic nitrogens is 2. The first kappa shape index (κ1) is 17.2. The number of carbonyl (C=O) groups excluding carboxylic acids is 1. The molecule has 1 aromatic carbocycles. The molecule has 3 heterocycles. The van der Waals surface area contributed by atoms with Crippen LogP contribution in [0.15, 0.2) is 58.4 Å². The normalized spacial score (nSPS) is 15.9. The molecule has 1 amide bonds. The molecule has 27 heavy (non-hydrogen) atoms. The molecule has 3 aromatic rings. The van der Waals surface area contributed by atoms with Gasteiger partial charge in [-0.2, -0.15) is 0 Å². The van der Waals surface area contributed by atoms with Crippen molar-refractivity contribution in [3.63, 3.8) is 0 Å². The minimum absolute atomic E-state index is 0.0738. The molecule has 1 atom stereocenters. The van der Waals surface area contributed by atoms with Gasteiger partial charge in [-0.1, -0.05) is 22.8 Å². The Morgan fingerprint density at radius 3 is 2.93 bits per heavy atom. The van der Waals surface area contributed by atoms with Crippen molar-refractivity contribution in [2.24, 2.45) is 5.16 Å². The summed E-state index contributed by atoms with van der Waals surface area (Å²) in [6.07, 6.45) is 2.16. The summed E-state index contributed by atoms with van der Waals surface area (Å²) in [5, 5.41) is 6.57. The first-order valence-corrected chi connectivity index (χ1v) is 8.34. The van der Waals surface area contributed by atoms with Gasteiger partial charge < -0.3 is 9.25 Å². The summed E-state index contributed by atoms with van der Waals surface area (Å²) in [6, 6.07) is 9.43. The van der Waals surface area contributed by atoms with Crippen LogP contribution in [0.5, 0.6) is 0 Å². The number of nitrogens with one attached hydrogen (secondary N) is 1. The Hall–Kier alpha value is -3.26. The van der Waals surface area contributed by atoms with Gasteiger partial charge in [0.1, 0.15) is 11.5 Å². The predicted octanol–water partition coefficient (Wildman–Crippen LogP) is 3.66. The summed E-state index contributed by atoms with van der Waals surface area (Å²) in [5.74, 6) is -0.391. The average Bonchev–Trinajstić information content (AvgIpc) is 3.34. The van der Waals surface area contributed by atoms with E-state index in [4.69, 9.17) is 20.9 Å². The molecule has 2 aromatic heterocycles. The van der Waals surface area contributed by atoms with Gasteiger partial charge in [0.15, 0.2) is 5.76 Å². The molecule has 0 aliphatic carbocycles. The standard InChI is InChI=1S/C18H12ClFN4O3/c19-10-3-1-4-11(20)16(10)13-9-15(27-24-13)17(25)23-18-21-7-6-12(22-18)14-5-2-8-26-14/h1-8,15H,9H2,(H,21,22,23,25). The lowest BCUT2D eigenvalue weighted by molar-refractivity contribution is -0.125. The van der Waals surface area contributed by atoms with Gasteiger partial charge in [-0.3, -0.25) is 10.1 Å².